The van der Waals surface area contributed by atoms with Gasteiger partial charge in [-0.25, -0.2) is 4.39 Å². The molecule has 1 nitrogen and oxygen atoms in total. The Labute approximate surface area is 126 Å². The van der Waals surface area contributed by atoms with E-state index in [2.05, 4.69) is 18.3 Å². The van der Waals surface area contributed by atoms with Gasteiger partial charge in [-0.2, -0.15) is 0 Å². The largest absolute Gasteiger partial charge is 0.307 e. The summed E-state index contributed by atoms with van der Waals surface area (Å²) in [7, 11) is 0. The minimum atomic E-state index is -0.177. The highest BCUT2D eigenvalue weighted by Gasteiger charge is 2.20. The predicted octanol–water partition coefficient (Wildman–Crippen LogP) is 5.41. The fraction of sp³-hybridized carbons (Fsp3) is 0.529. The van der Waals surface area contributed by atoms with Crippen molar-refractivity contribution in [1.82, 2.24) is 5.32 Å². The topological polar surface area (TPSA) is 12.0 Å². The van der Waals surface area contributed by atoms with Crippen molar-refractivity contribution in [2.75, 3.05) is 6.54 Å². The summed E-state index contributed by atoms with van der Waals surface area (Å²) >= 11 is 6.04. The molecular weight excluding hydrogens is 273 g/mol. The minimum Gasteiger partial charge on any atom is -0.307 e. The Morgan fingerprint density at radius 2 is 2.05 bits per heavy atom. The fourth-order valence-electron chi connectivity index (χ4n) is 2.86. The highest BCUT2D eigenvalue weighted by Crippen LogP contribution is 2.31. The molecule has 0 fully saturated rings. The first kappa shape index (κ1) is 15.5. The maximum absolute atomic E-state index is 14.2. The van der Waals surface area contributed by atoms with Gasteiger partial charge in [-0.1, -0.05) is 43.0 Å². The van der Waals surface area contributed by atoms with Crippen molar-refractivity contribution in [3.63, 3.8) is 0 Å². The zero-order valence-corrected chi connectivity index (χ0v) is 12.8. The molecule has 110 valence electrons. The maximum atomic E-state index is 14.2. The van der Waals surface area contributed by atoms with E-state index in [9.17, 15) is 4.39 Å². The van der Waals surface area contributed by atoms with Crippen LogP contribution in [0.4, 0.5) is 4.39 Å². The van der Waals surface area contributed by atoms with Crippen molar-refractivity contribution in [1.29, 1.82) is 0 Å². The van der Waals surface area contributed by atoms with Crippen molar-refractivity contribution < 1.29 is 4.39 Å². The monoisotopic (exact) mass is 295 g/mol. The van der Waals surface area contributed by atoms with Gasteiger partial charge in [0.2, 0.25) is 0 Å². The number of allylic oxidation sites excluding steroid dienone is 1. The van der Waals surface area contributed by atoms with E-state index >= 15 is 0 Å². The summed E-state index contributed by atoms with van der Waals surface area (Å²) in [5.41, 5.74) is 1.99. The average molecular weight is 296 g/mol. The summed E-state index contributed by atoms with van der Waals surface area (Å²) in [4.78, 5) is 0. The van der Waals surface area contributed by atoms with Crippen molar-refractivity contribution in [3.05, 3.63) is 46.3 Å². The Morgan fingerprint density at radius 1 is 1.25 bits per heavy atom. The van der Waals surface area contributed by atoms with Crippen LogP contribution in [0.15, 0.2) is 29.8 Å². The fourth-order valence-corrected chi connectivity index (χ4v) is 3.04. The molecule has 0 aliphatic heterocycles. The first-order valence-electron chi connectivity index (χ1n) is 7.59. The number of nitrogens with one attached hydrogen (secondary N) is 1. The van der Waals surface area contributed by atoms with Gasteiger partial charge in [0.25, 0.3) is 0 Å². The van der Waals surface area contributed by atoms with Gasteiger partial charge in [0.05, 0.1) is 6.04 Å². The van der Waals surface area contributed by atoms with Gasteiger partial charge in [0.1, 0.15) is 5.82 Å². The number of rotatable bonds is 4. The van der Waals surface area contributed by atoms with Gasteiger partial charge in [0.15, 0.2) is 0 Å². The third kappa shape index (κ3) is 4.07. The van der Waals surface area contributed by atoms with Crippen molar-refractivity contribution in [2.45, 2.75) is 51.5 Å². The third-order valence-corrected chi connectivity index (χ3v) is 4.11. The Balaban J connectivity index is 2.31. The number of hydrogen-bond donors (Lipinski definition) is 1. The molecule has 0 heterocycles. The number of hydrogen-bond acceptors (Lipinski definition) is 1. The molecule has 0 radical (unpaired) electrons. The summed E-state index contributed by atoms with van der Waals surface area (Å²) < 4.78 is 14.2. The minimum absolute atomic E-state index is 0.0446. The van der Waals surface area contributed by atoms with Crippen LogP contribution in [0.1, 0.15) is 57.1 Å². The summed E-state index contributed by atoms with van der Waals surface area (Å²) in [6.45, 7) is 2.87. The van der Waals surface area contributed by atoms with Crippen molar-refractivity contribution in [3.8, 4) is 0 Å². The molecule has 0 amide bonds. The zero-order valence-electron chi connectivity index (χ0n) is 12.1. The quantitative estimate of drug-likeness (QED) is 0.732. The first-order chi connectivity index (χ1) is 9.72. The molecule has 3 heteroatoms. The van der Waals surface area contributed by atoms with E-state index in [-0.39, 0.29) is 11.9 Å². The molecule has 1 aliphatic carbocycles. The Hall–Kier alpha value is -0.860. The predicted molar refractivity (Wildman–Crippen MR) is 83.6 cm³/mol. The van der Waals surface area contributed by atoms with Crippen LogP contribution < -0.4 is 5.32 Å². The molecule has 1 aromatic carbocycles. The third-order valence-electron chi connectivity index (χ3n) is 3.87. The highest BCUT2D eigenvalue weighted by molar-refractivity contribution is 6.30. The van der Waals surface area contributed by atoms with E-state index in [0.29, 0.717) is 10.6 Å². The second-order valence-electron chi connectivity index (χ2n) is 5.39. The molecule has 0 saturated carbocycles. The van der Waals surface area contributed by atoms with E-state index in [1.165, 1.54) is 37.3 Å². The normalized spacial score (nSPS) is 20.6. The van der Waals surface area contributed by atoms with Crippen LogP contribution in [0.3, 0.4) is 0 Å². The van der Waals surface area contributed by atoms with Gasteiger partial charge < -0.3 is 5.32 Å². The Kier molecular flexibility index (Phi) is 6.06. The standard InChI is InChI=1S/C17H23ClFN/c1-2-20-17(13-8-6-4-3-5-7-9-13)15-12-14(18)10-11-16(15)19/h8,10-12,17,20H,2-7,9H2,1H3/b13-8+. The van der Waals surface area contributed by atoms with Gasteiger partial charge in [-0.15, -0.1) is 0 Å². The van der Waals surface area contributed by atoms with E-state index in [1.807, 2.05) is 0 Å². The molecular formula is C17H23ClFN. The SMILES string of the molecule is CCNC(/C1=C/CCCCCC1)c1cc(Cl)ccc1F. The van der Waals surface area contributed by atoms with Crippen LogP contribution in [-0.2, 0) is 0 Å². The molecule has 20 heavy (non-hydrogen) atoms. The molecule has 1 atom stereocenters. The molecule has 1 unspecified atom stereocenters. The van der Waals surface area contributed by atoms with Crippen LogP contribution in [0, 0.1) is 5.82 Å². The Morgan fingerprint density at radius 3 is 2.85 bits per heavy atom. The van der Waals surface area contributed by atoms with Crippen LogP contribution in [0.2, 0.25) is 5.02 Å². The summed E-state index contributed by atoms with van der Waals surface area (Å²) in [6, 6.07) is 4.78. The van der Waals surface area contributed by atoms with Gasteiger partial charge in [0, 0.05) is 10.6 Å². The summed E-state index contributed by atoms with van der Waals surface area (Å²) in [5.74, 6) is -0.177. The lowest BCUT2D eigenvalue weighted by Crippen LogP contribution is -2.24. The van der Waals surface area contributed by atoms with Gasteiger partial charge in [-0.3, -0.25) is 0 Å². The summed E-state index contributed by atoms with van der Waals surface area (Å²) in [6.07, 6.45) is 9.45. The smallest absolute Gasteiger partial charge is 0.128 e. The highest BCUT2D eigenvalue weighted by atomic mass is 35.5. The lowest BCUT2D eigenvalue weighted by molar-refractivity contribution is 0.524. The van der Waals surface area contributed by atoms with Gasteiger partial charge >= 0.3 is 0 Å². The molecule has 1 N–H and O–H groups in total. The number of benzene rings is 1. The molecule has 1 aliphatic rings. The van der Waals surface area contributed by atoms with E-state index in [1.54, 1.807) is 12.1 Å². The van der Waals surface area contributed by atoms with Crippen LogP contribution in [0.25, 0.3) is 0 Å². The van der Waals surface area contributed by atoms with Crippen molar-refractivity contribution >= 4 is 11.6 Å². The maximum Gasteiger partial charge on any atom is 0.128 e. The molecule has 0 spiro atoms. The zero-order chi connectivity index (χ0) is 14.4. The van der Waals surface area contributed by atoms with Crippen molar-refractivity contribution in [2.24, 2.45) is 0 Å². The van der Waals surface area contributed by atoms with Gasteiger partial charge in [-0.05, 0) is 50.4 Å². The van der Waals surface area contributed by atoms with E-state index < -0.39 is 0 Å². The van der Waals surface area contributed by atoms with Crippen LogP contribution in [-0.4, -0.2) is 6.54 Å². The Bertz CT molecular complexity index is 470. The van der Waals surface area contributed by atoms with E-state index in [0.717, 1.165) is 19.4 Å². The lowest BCUT2D eigenvalue weighted by atomic mass is 9.90. The summed E-state index contributed by atoms with van der Waals surface area (Å²) in [5, 5.41) is 4.01. The molecule has 2 rings (SSSR count). The average Bonchev–Trinajstić information content (AvgIpc) is 2.40. The molecule has 0 bridgehead atoms. The molecule has 0 aromatic heterocycles. The van der Waals surface area contributed by atoms with Crippen LogP contribution in [0.5, 0.6) is 0 Å². The second kappa shape index (κ2) is 7.80. The molecule has 0 saturated heterocycles. The van der Waals surface area contributed by atoms with E-state index in [4.69, 9.17) is 11.6 Å². The number of likely N-dealkylation sites (N-methyl/N-ethyl adjacent to an activating group) is 1. The second-order valence-corrected chi connectivity index (χ2v) is 5.82. The first-order valence-corrected chi connectivity index (χ1v) is 7.97. The molecule has 1 aromatic rings. The lowest BCUT2D eigenvalue weighted by Gasteiger charge is -2.24. The number of halogens is 2. The van der Waals surface area contributed by atoms with Crippen LogP contribution >= 0.6 is 11.6 Å².